The minimum atomic E-state index is -0.299. The Labute approximate surface area is 160 Å². The Balaban J connectivity index is 1.78. The predicted octanol–water partition coefficient (Wildman–Crippen LogP) is 4.70. The Morgan fingerprint density at radius 2 is 1.56 bits per heavy atom. The summed E-state index contributed by atoms with van der Waals surface area (Å²) in [6, 6.07) is 10.4. The highest BCUT2D eigenvalue weighted by atomic mass is 79.9. The van der Waals surface area contributed by atoms with Crippen molar-refractivity contribution in [3.05, 3.63) is 57.1 Å². The van der Waals surface area contributed by atoms with E-state index in [4.69, 9.17) is 0 Å². The van der Waals surface area contributed by atoms with E-state index in [0.29, 0.717) is 16.9 Å². The molecule has 0 fully saturated rings. The number of aromatic nitrogens is 1. The molecular formula is C17H14Br2N4O2. The van der Waals surface area contributed by atoms with Crippen molar-refractivity contribution in [1.29, 1.82) is 0 Å². The highest BCUT2D eigenvalue weighted by Crippen LogP contribution is 2.30. The molecule has 3 aromatic rings. The summed E-state index contributed by atoms with van der Waals surface area (Å²) in [6.07, 6.45) is 1.68. The number of rotatable bonds is 3. The summed E-state index contributed by atoms with van der Waals surface area (Å²) < 4.78 is 1.78. The lowest BCUT2D eigenvalue weighted by atomic mass is 10.1. The van der Waals surface area contributed by atoms with Gasteiger partial charge in [0.15, 0.2) is 0 Å². The maximum absolute atomic E-state index is 12.6. The fraction of sp³-hybridized carbons (Fsp3) is 0.0588. The number of amides is 3. The molecule has 0 aliphatic rings. The zero-order valence-corrected chi connectivity index (χ0v) is 16.3. The molecule has 2 aromatic carbocycles. The van der Waals surface area contributed by atoms with E-state index in [2.05, 4.69) is 52.8 Å². The summed E-state index contributed by atoms with van der Waals surface area (Å²) in [5, 5.41) is 8.81. The van der Waals surface area contributed by atoms with Gasteiger partial charge in [0.05, 0.1) is 5.56 Å². The van der Waals surface area contributed by atoms with Crippen LogP contribution in [0.2, 0.25) is 0 Å². The number of hydrogen-bond acceptors (Lipinski definition) is 2. The highest BCUT2D eigenvalue weighted by Gasteiger charge is 2.14. The van der Waals surface area contributed by atoms with Gasteiger partial charge < -0.3 is 20.9 Å². The van der Waals surface area contributed by atoms with E-state index in [-0.39, 0.29) is 11.9 Å². The second-order valence-corrected chi connectivity index (χ2v) is 6.96. The zero-order chi connectivity index (χ0) is 18.0. The first-order valence-corrected chi connectivity index (χ1v) is 8.93. The summed E-state index contributed by atoms with van der Waals surface area (Å²) >= 11 is 6.90. The van der Waals surface area contributed by atoms with Gasteiger partial charge in [0, 0.05) is 44.5 Å². The molecule has 128 valence electrons. The average molecular weight is 466 g/mol. The van der Waals surface area contributed by atoms with Gasteiger partial charge in [-0.1, -0.05) is 0 Å². The summed E-state index contributed by atoms with van der Waals surface area (Å²) in [5.41, 5.74) is 2.69. The van der Waals surface area contributed by atoms with Gasteiger partial charge in [-0.15, -0.1) is 0 Å². The number of carbonyl (C=O) groups is 2. The number of H-pyrrole nitrogens is 1. The first-order valence-electron chi connectivity index (χ1n) is 7.34. The molecule has 3 rings (SSSR count). The SMILES string of the molecule is CNC(=O)Nc1ccc(NC(=O)c2c[nH]c3cc(Br)c(Br)cc23)cc1. The number of carbonyl (C=O) groups excluding carboxylic acids is 2. The van der Waals surface area contributed by atoms with E-state index in [0.717, 1.165) is 19.8 Å². The number of benzene rings is 2. The Kier molecular flexibility index (Phi) is 5.10. The van der Waals surface area contributed by atoms with Crippen LogP contribution < -0.4 is 16.0 Å². The zero-order valence-electron chi connectivity index (χ0n) is 13.1. The molecule has 0 saturated heterocycles. The molecule has 0 unspecified atom stereocenters. The molecule has 8 heteroatoms. The summed E-state index contributed by atoms with van der Waals surface area (Å²) in [6.45, 7) is 0. The third-order valence-electron chi connectivity index (χ3n) is 3.59. The van der Waals surface area contributed by atoms with Crippen molar-refractivity contribution in [3.8, 4) is 0 Å². The number of halogens is 2. The standard InChI is InChI=1S/C17H14Br2N4O2/c1-20-17(25)23-10-4-2-9(3-5-10)22-16(24)12-8-21-15-7-14(19)13(18)6-11(12)15/h2-8,21H,1H3,(H,22,24)(H2,20,23,25). The van der Waals surface area contributed by atoms with Gasteiger partial charge in [-0.2, -0.15) is 0 Å². The lowest BCUT2D eigenvalue weighted by molar-refractivity contribution is 0.102. The second-order valence-electron chi connectivity index (χ2n) is 5.25. The monoisotopic (exact) mass is 464 g/mol. The van der Waals surface area contributed by atoms with E-state index in [1.165, 1.54) is 0 Å². The normalized spacial score (nSPS) is 10.5. The van der Waals surface area contributed by atoms with Crippen molar-refractivity contribution in [2.75, 3.05) is 17.7 Å². The van der Waals surface area contributed by atoms with Crippen molar-refractivity contribution in [2.24, 2.45) is 0 Å². The molecule has 0 bridgehead atoms. The van der Waals surface area contributed by atoms with E-state index in [1.54, 1.807) is 37.5 Å². The molecule has 3 amide bonds. The Hall–Kier alpha value is -2.32. The third kappa shape index (κ3) is 3.85. The van der Waals surface area contributed by atoms with Gasteiger partial charge in [0.25, 0.3) is 5.91 Å². The lowest BCUT2D eigenvalue weighted by Gasteiger charge is -2.07. The van der Waals surface area contributed by atoms with Crippen LogP contribution in [0.3, 0.4) is 0 Å². The van der Waals surface area contributed by atoms with E-state index >= 15 is 0 Å². The van der Waals surface area contributed by atoms with Crippen LogP contribution in [0, 0.1) is 0 Å². The fourth-order valence-electron chi connectivity index (χ4n) is 2.33. The van der Waals surface area contributed by atoms with Crippen molar-refractivity contribution in [3.63, 3.8) is 0 Å². The highest BCUT2D eigenvalue weighted by molar-refractivity contribution is 9.13. The molecule has 0 atom stereocenters. The molecule has 0 saturated carbocycles. The summed E-state index contributed by atoms with van der Waals surface area (Å²) in [7, 11) is 1.54. The molecule has 0 aliphatic heterocycles. The fourth-order valence-corrected chi connectivity index (χ4v) is 3.02. The molecule has 0 aliphatic carbocycles. The number of urea groups is 1. The number of hydrogen-bond donors (Lipinski definition) is 4. The van der Waals surface area contributed by atoms with Crippen LogP contribution in [-0.4, -0.2) is 24.0 Å². The number of aromatic amines is 1. The van der Waals surface area contributed by atoms with Crippen LogP contribution >= 0.6 is 31.9 Å². The van der Waals surface area contributed by atoms with Gasteiger partial charge in [-0.3, -0.25) is 4.79 Å². The van der Waals surface area contributed by atoms with Crippen LogP contribution in [0.1, 0.15) is 10.4 Å². The predicted molar refractivity (Wildman–Crippen MR) is 106 cm³/mol. The molecule has 1 heterocycles. The van der Waals surface area contributed by atoms with Gasteiger partial charge in [0.1, 0.15) is 0 Å². The van der Waals surface area contributed by atoms with E-state index < -0.39 is 0 Å². The van der Waals surface area contributed by atoms with E-state index in [1.807, 2.05) is 12.1 Å². The Morgan fingerprint density at radius 3 is 2.20 bits per heavy atom. The molecule has 4 N–H and O–H groups in total. The maximum atomic E-state index is 12.6. The molecule has 0 radical (unpaired) electrons. The number of anilines is 2. The van der Waals surface area contributed by atoms with Crippen molar-refractivity contribution >= 4 is 66.1 Å². The minimum Gasteiger partial charge on any atom is -0.360 e. The minimum absolute atomic E-state index is 0.215. The van der Waals surface area contributed by atoms with Crippen LogP contribution in [0.5, 0.6) is 0 Å². The van der Waals surface area contributed by atoms with Crippen LogP contribution in [0.25, 0.3) is 10.9 Å². The average Bonchev–Trinajstić information content (AvgIpc) is 2.99. The van der Waals surface area contributed by atoms with E-state index in [9.17, 15) is 9.59 Å². The van der Waals surface area contributed by atoms with Gasteiger partial charge in [-0.05, 0) is 68.3 Å². The molecule has 6 nitrogen and oxygen atoms in total. The third-order valence-corrected chi connectivity index (χ3v) is 5.44. The largest absolute Gasteiger partial charge is 0.360 e. The van der Waals surface area contributed by atoms with Gasteiger partial charge >= 0.3 is 6.03 Å². The van der Waals surface area contributed by atoms with Gasteiger partial charge in [0.2, 0.25) is 0 Å². The molecule has 0 spiro atoms. The van der Waals surface area contributed by atoms with Gasteiger partial charge in [-0.25, -0.2) is 4.79 Å². The summed E-state index contributed by atoms with van der Waals surface area (Å²) in [5.74, 6) is -0.215. The lowest BCUT2D eigenvalue weighted by Crippen LogP contribution is -2.24. The van der Waals surface area contributed by atoms with Crippen molar-refractivity contribution < 1.29 is 9.59 Å². The van der Waals surface area contributed by atoms with Crippen LogP contribution in [-0.2, 0) is 0 Å². The first-order chi connectivity index (χ1) is 12.0. The number of nitrogens with one attached hydrogen (secondary N) is 4. The van der Waals surface area contributed by atoms with Crippen LogP contribution in [0.15, 0.2) is 51.5 Å². The topological polar surface area (TPSA) is 86.0 Å². The van der Waals surface area contributed by atoms with Crippen molar-refractivity contribution in [2.45, 2.75) is 0 Å². The quantitative estimate of drug-likeness (QED) is 0.452. The smallest absolute Gasteiger partial charge is 0.318 e. The first kappa shape index (κ1) is 17.5. The molecule has 25 heavy (non-hydrogen) atoms. The molecular weight excluding hydrogens is 452 g/mol. The molecule has 1 aromatic heterocycles. The number of fused-ring (bicyclic) bond motifs is 1. The second kappa shape index (κ2) is 7.28. The summed E-state index contributed by atoms with van der Waals surface area (Å²) in [4.78, 5) is 26.9. The van der Waals surface area contributed by atoms with Crippen molar-refractivity contribution in [1.82, 2.24) is 10.3 Å². The maximum Gasteiger partial charge on any atom is 0.318 e. The van der Waals surface area contributed by atoms with Crippen LogP contribution in [0.4, 0.5) is 16.2 Å². The Bertz CT molecular complexity index is 951. The Morgan fingerprint density at radius 1 is 0.960 bits per heavy atom.